The van der Waals surface area contributed by atoms with Gasteiger partial charge >= 0.3 is 11.4 Å². The summed E-state index contributed by atoms with van der Waals surface area (Å²) in [5.74, 6) is 0. The molecule has 0 aromatic heterocycles. The Bertz CT molecular complexity index is 405. The summed E-state index contributed by atoms with van der Waals surface area (Å²) in [5, 5.41) is 23.9. The Kier molecular flexibility index (Phi) is 3.17. The minimum Gasteiger partial charge on any atom is -0.380 e. The van der Waals surface area contributed by atoms with Crippen LogP contribution in [-0.2, 0) is 0 Å². The van der Waals surface area contributed by atoms with Gasteiger partial charge in [-0.25, -0.2) is 0 Å². The molecule has 0 aliphatic rings. The average Bonchev–Trinajstić information content (AvgIpc) is 2.17. The molecule has 0 aliphatic heterocycles. The molecule has 1 N–H and O–H groups in total. The highest BCUT2D eigenvalue weighted by Crippen LogP contribution is 2.33. The number of benzene rings is 1. The number of para-hydroxylation sites is 1. The van der Waals surface area contributed by atoms with Gasteiger partial charge in [-0.1, -0.05) is 6.07 Å². The van der Waals surface area contributed by atoms with Crippen LogP contribution in [0.25, 0.3) is 0 Å². The molecule has 1 aromatic rings. The number of nitrogens with one attached hydrogen (secondary N) is 1. The van der Waals surface area contributed by atoms with E-state index in [0.29, 0.717) is 6.54 Å². The third-order valence-corrected chi connectivity index (χ3v) is 1.76. The summed E-state index contributed by atoms with van der Waals surface area (Å²) in [6.45, 7) is 2.21. The molecule has 7 heteroatoms. The summed E-state index contributed by atoms with van der Waals surface area (Å²) in [4.78, 5) is 19.7. The van der Waals surface area contributed by atoms with Crippen molar-refractivity contribution in [2.75, 3.05) is 11.9 Å². The van der Waals surface area contributed by atoms with Crippen LogP contribution < -0.4 is 5.32 Å². The summed E-state index contributed by atoms with van der Waals surface area (Å²) in [6.07, 6.45) is 0. The van der Waals surface area contributed by atoms with Gasteiger partial charge in [-0.3, -0.25) is 20.2 Å². The number of anilines is 1. The molecule has 15 heavy (non-hydrogen) atoms. The average molecular weight is 211 g/mol. The molecule has 1 rings (SSSR count). The molecule has 0 bridgehead atoms. The number of hydrogen-bond acceptors (Lipinski definition) is 5. The lowest BCUT2D eigenvalue weighted by Crippen LogP contribution is -2.03. The highest BCUT2D eigenvalue weighted by molar-refractivity contribution is 5.71. The molecule has 0 unspecified atom stereocenters. The lowest BCUT2D eigenvalue weighted by atomic mass is 10.2. The zero-order valence-electron chi connectivity index (χ0n) is 7.97. The second-order valence-electron chi connectivity index (χ2n) is 2.72. The van der Waals surface area contributed by atoms with Gasteiger partial charge in [0.2, 0.25) is 0 Å². The van der Waals surface area contributed by atoms with E-state index in [1.165, 1.54) is 12.1 Å². The van der Waals surface area contributed by atoms with Gasteiger partial charge in [-0.15, -0.1) is 0 Å². The molecule has 0 spiro atoms. The van der Waals surface area contributed by atoms with Crippen LogP contribution in [0.5, 0.6) is 0 Å². The summed E-state index contributed by atoms with van der Waals surface area (Å²) >= 11 is 0. The molecule has 0 atom stereocenters. The van der Waals surface area contributed by atoms with Crippen molar-refractivity contribution in [2.45, 2.75) is 6.92 Å². The molecule has 80 valence electrons. The van der Waals surface area contributed by atoms with Gasteiger partial charge in [-0.05, 0) is 13.0 Å². The number of hydrogen-bond donors (Lipinski definition) is 1. The van der Waals surface area contributed by atoms with E-state index in [-0.39, 0.29) is 5.69 Å². The van der Waals surface area contributed by atoms with Crippen LogP contribution in [0.3, 0.4) is 0 Å². The normalized spacial score (nSPS) is 9.67. The molecule has 0 aliphatic carbocycles. The van der Waals surface area contributed by atoms with Gasteiger partial charge in [0.05, 0.1) is 9.85 Å². The van der Waals surface area contributed by atoms with Gasteiger partial charge in [-0.2, -0.15) is 0 Å². The first-order valence-electron chi connectivity index (χ1n) is 4.23. The van der Waals surface area contributed by atoms with Crippen LogP contribution in [0.15, 0.2) is 18.2 Å². The summed E-state index contributed by atoms with van der Waals surface area (Å²) < 4.78 is 0. The number of nitro groups is 2. The molecule has 0 fully saturated rings. The molecule has 0 amide bonds. The Morgan fingerprint density at radius 2 is 1.93 bits per heavy atom. The SMILES string of the molecule is CCNc1cccc([N+](=O)[O-])c1[N+](=O)[O-]. The van der Waals surface area contributed by atoms with Crippen LogP contribution in [0.1, 0.15) is 6.92 Å². The molecule has 0 saturated heterocycles. The zero-order chi connectivity index (χ0) is 11.4. The van der Waals surface area contributed by atoms with Crippen LogP contribution in [0.2, 0.25) is 0 Å². The maximum Gasteiger partial charge on any atom is 0.368 e. The first-order valence-corrected chi connectivity index (χ1v) is 4.23. The smallest absolute Gasteiger partial charge is 0.368 e. The van der Waals surface area contributed by atoms with E-state index in [1.54, 1.807) is 6.92 Å². The first-order chi connectivity index (χ1) is 7.07. The van der Waals surface area contributed by atoms with Crippen LogP contribution in [0.4, 0.5) is 17.1 Å². The van der Waals surface area contributed by atoms with E-state index in [2.05, 4.69) is 5.32 Å². The van der Waals surface area contributed by atoms with E-state index < -0.39 is 21.2 Å². The minimum atomic E-state index is -0.765. The number of nitro benzene ring substituents is 2. The maximum atomic E-state index is 10.7. The maximum absolute atomic E-state index is 10.7. The summed E-state index contributed by atoms with van der Waals surface area (Å²) in [6, 6.07) is 3.96. The van der Waals surface area contributed by atoms with E-state index in [1.807, 2.05) is 0 Å². The predicted molar refractivity (Wildman–Crippen MR) is 53.9 cm³/mol. The van der Waals surface area contributed by atoms with Crippen LogP contribution in [0, 0.1) is 20.2 Å². The Balaban J connectivity index is 3.34. The van der Waals surface area contributed by atoms with Gasteiger partial charge in [0.15, 0.2) is 0 Å². The monoisotopic (exact) mass is 211 g/mol. The Hall–Kier alpha value is -2.18. The van der Waals surface area contributed by atoms with E-state index >= 15 is 0 Å². The van der Waals surface area contributed by atoms with Crippen molar-refractivity contribution in [3.05, 3.63) is 38.4 Å². The fourth-order valence-corrected chi connectivity index (χ4v) is 1.20. The second kappa shape index (κ2) is 4.36. The fraction of sp³-hybridized carbons (Fsp3) is 0.250. The van der Waals surface area contributed by atoms with E-state index in [9.17, 15) is 20.2 Å². The van der Waals surface area contributed by atoms with Crippen LogP contribution >= 0.6 is 0 Å². The van der Waals surface area contributed by atoms with Crippen molar-refractivity contribution in [1.82, 2.24) is 0 Å². The molecule has 1 aromatic carbocycles. The van der Waals surface area contributed by atoms with Crippen molar-refractivity contribution >= 4 is 17.1 Å². The third kappa shape index (κ3) is 2.19. The van der Waals surface area contributed by atoms with Gasteiger partial charge < -0.3 is 5.32 Å². The molecule has 7 nitrogen and oxygen atoms in total. The lowest BCUT2D eigenvalue weighted by Gasteiger charge is -2.03. The predicted octanol–water partition coefficient (Wildman–Crippen LogP) is 1.93. The molecule has 0 radical (unpaired) electrons. The number of nitrogens with zero attached hydrogens (tertiary/aromatic N) is 2. The van der Waals surface area contributed by atoms with Gasteiger partial charge in [0.1, 0.15) is 5.69 Å². The van der Waals surface area contributed by atoms with Crippen molar-refractivity contribution < 1.29 is 9.85 Å². The molecular weight excluding hydrogens is 202 g/mol. The lowest BCUT2D eigenvalue weighted by molar-refractivity contribution is -0.421. The highest BCUT2D eigenvalue weighted by atomic mass is 16.6. The van der Waals surface area contributed by atoms with Gasteiger partial charge in [0, 0.05) is 12.6 Å². The van der Waals surface area contributed by atoms with E-state index in [4.69, 9.17) is 0 Å². The zero-order valence-corrected chi connectivity index (χ0v) is 7.97. The summed E-state index contributed by atoms with van der Waals surface area (Å²) in [7, 11) is 0. The second-order valence-corrected chi connectivity index (χ2v) is 2.72. The standard InChI is InChI=1S/C8H9N3O4/c1-2-9-6-4-3-5-7(10(12)13)8(6)11(14)15/h3-5,9H,2H2,1H3. The van der Waals surface area contributed by atoms with Crippen molar-refractivity contribution in [3.8, 4) is 0 Å². The topological polar surface area (TPSA) is 98.3 Å². The first kappa shape index (κ1) is 10.9. The molecule has 0 saturated carbocycles. The van der Waals surface area contributed by atoms with E-state index in [0.717, 1.165) is 6.07 Å². The quantitative estimate of drug-likeness (QED) is 0.606. The van der Waals surface area contributed by atoms with Crippen molar-refractivity contribution in [2.24, 2.45) is 0 Å². The van der Waals surface area contributed by atoms with Crippen molar-refractivity contribution in [1.29, 1.82) is 0 Å². The highest BCUT2D eigenvalue weighted by Gasteiger charge is 2.27. The summed E-state index contributed by atoms with van der Waals surface area (Å²) in [5.41, 5.74) is -0.834. The molecular formula is C8H9N3O4. The third-order valence-electron chi connectivity index (χ3n) is 1.76. The minimum absolute atomic E-state index is 0.164. The Morgan fingerprint density at radius 1 is 1.27 bits per heavy atom. The van der Waals surface area contributed by atoms with Crippen LogP contribution in [-0.4, -0.2) is 16.4 Å². The van der Waals surface area contributed by atoms with Crippen molar-refractivity contribution in [3.63, 3.8) is 0 Å². The fourth-order valence-electron chi connectivity index (χ4n) is 1.20. The Morgan fingerprint density at radius 3 is 2.40 bits per heavy atom. The Labute approximate surface area is 85.0 Å². The molecule has 0 heterocycles. The largest absolute Gasteiger partial charge is 0.380 e. The number of rotatable bonds is 4. The van der Waals surface area contributed by atoms with Gasteiger partial charge in [0.25, 0.3) is 0 Å².